The zero-order valence-corrected chi connectivity index (χ0v) is 9.97. The van der Waals surface area contributed by atoms with Gasteiger partial charge in [-0.3, -0.25) is 0 Å². The zero-order chi connectivity index (χ0) is 13.8. The van der Waals surface area contributed by atoms with Crippen molar-refractivity contribution in [3.63, 3.8) is 0 Å². The van der Waals surface area contributed by atoms with E-state index in [-0.39, 0.29) is 22.6 Å². The maximum absolute atomic E-state index is 9.15. The lowest BCUT2D eigenvalue weighted by Gasteiger charge is -2.05. The molecule has 0 aliphatic heterocycles. The van der Waals surface area contributed by atoms with Gasteiger partial charge in [-0.05, 0) is 12.1 Å². The summed E-state index contributed by atoms with van der Waals surface area (Å²) in [4.78, 5) is 0. The van der Waals surface area contributed by atoms with Gasteiger partial charge < -0.3 is 9.15 Å². The molecule has 0 N–H and O–H groups in total. The molecule has 0 fully saturated rings. The molecule has 0 atom stereocenters. The van der Waals surface area contributed by atoms with E-state index in [1.807, 2.05) is 12.1 Å². The molecule has 2 rings (SSSR count). The second-order valence-electron chi connectivity index (χ2n) is 3.55. The van der Waals surface area contributed by atoms with E-state index in [1.54, 1.807) is 30.3 Å². The first-order valence-corrected chi connectivity index (χ1v) is 5.27. The van der Waals surface area contributed by atoms with Gasteiger partial charge >= 0.3 is 0 Å². The van der Waals surface area contributed by atoms with Crippen molar-refractivity contribution < 1.29 is 9.15 Å². The second kappa shape index (κ2) is 4.96. The predicted molar refractivity (Wildman–Crippen MR) is 64.8 cm³/mol. The van der Waals surface area contributed by atoms with Gasteiger partial charge in [0, 0.05) is 0 Å². The van der Waals surface area contributed by atoms with Crippen LogP contribution >= 0.6 is 0 Å². The number of nitriles is 3. The van der Waals surface area contributed by atoms with Crippen LogP contribution in [-0.2, 0) is 0 Å². The molecular formula is C14H7N3O2. The molecule has 0 unspecified atom stereocenters. The Labute approximate surface area is 109 Å². The summed E-state index contributed by atoms with van der Waals surface area (Å²) in [6, 6.07) is 12.4. The lowest BCUT2D eigenvalue weighted by Crippen LogP contribution is -1.88. The van der Waals surface area contributed by atoms with Crippen LogP contribution in [0.5, 0.6) is 5.75 Å². The van der Waals surface area contributed by atoms with Crippen LogP contribution in [0.25, 0.3) is 11.3 Å². The van der Waals surface area contributed by atoms with E-state index in [2.05, 4.69) is 0 Å². The molecule has 0 saturated heterocycles. The first-order valence-electron chi connectivity index (χ1n) is 5.27. The number of furan rings is 1. The van der Waals surface area contributed by atoms with Gasteiger partial charge in [0.1, 0.15) is 35.1 Å². The molecule has 1 aromatic carbocycles. The molecule has 0 aliphatic rings. The molecule has 0 aliphatic carbocycles. The van der Waals surface area contributed by atoms with Crippen molar-refractivity contribution in [2.24, 2.45) is 0 Å². The minimum absolute atomic E-state index is 0.0450. The number of nitrogens with zero attached hydrogens (tertiary/aromatic N) is 3. The maximum atomic E-state index is 9.15. The largest absolute Gasteiger partial charge is 0.496 e. The van der Waals surface area contributed by atoms with E-state index < -0.39 is 0 Å². The van der Waals surface area contributed by atoms with Crippen molar-refractivity contribution in [2.45, 2.75) is 0 Å². The fraction of sp³-hybridized carbons (Fsp3) is 0.0714. The summed E-state index contributed by atoms with van der Waals surface area (Å²) in [5.74, 6) is 0.509. The van der Waals surface area contributed by atoms with Crippen molar-refractivity contribution in [1.29, 1.82) is 15.8 Å². The quantitative estimate of drug-likeness (QED) is 0.815. The van der Waals surface area contributed by atoms with Crippen LogP contribution in [0.2, 0.25) is 0 Å². The molecule has 19 heavy (non-hydrogen) atoms. The third-order valence-electron chi connectivity index (χ3n) is 2.59. The minimum atomic E-state index is -0.167. The molecule has 90 valence electrons. The minimum Gasteiger partial charge on any atom is -0.496 e. The third kappa shape index (κ3) is 1.88. The monoisotopic (exact) mass is 249 g/mol. The molecule has 2 aromatic rings. The Morgan fingerprint density at radius 1 is 1.00 bits per heavy atom. The summed E-state index contributed by atoms with van der Waals surface area (Å²) >= 11 is 0. The van der Waals surface area contributed by atoms with E-state index >= 15 is 0 Å². The molecule has 0 amide bonds. The summed E-state index contributed by atoms with van der Waals surface area (Å²) in [6.45, 7) is 0. The van der Waals surface area contributed by atoms with Crippen LogP contribution in [0.3, 0.4) is 0 Å². The maximum Gasteiger partial charge on any atom is 0.223 e. The standard InChI is InChI=1S/C14H7N3O2/c1-18-12-5-3-2-4-9(12)14-11(7-16)10(6-15)13(8-17)19-14/h2-5H,1H3. The number of ether oxygens (including phenoxy) is 1. The first kappa shape index (κ1) is 12.2. The van der Waals surface area contributed by atoms with Crippen molar-refractivity contribution in [3.8, 4) is 35.3 Å². The fourth-order valence-corrected chi connectivity index (χ4v) is 1.75. The van der Waals surface area contributed by atoms with Gasteiger partial charge in [0.2, 0.25) is 5.76 Å². The Balaban J connectivity index is 2.78. The number of hydrogen-bond acceptors (Lipinski definition) is 5. The molecular weight excluding hydrogens is 242 g/mol. The number of rotatable bonds is 2. The van der Waals surface area contributed by atoms with Crippen LogP contribution in [0, 0.1) is 34.0 Å². The average molecular weight is 249 g/mol. The highest BCUT2D eigenvalue weighted by Gasteiger charge is 2.23. The Morgan fingerprint density at radius 2 is 1.68 bits per heavy atom. The summed E-state index contributed by atoms with van der Waals surface area (Å²) in [5, 5.41) is 27.1. The molecule has 1 heterocycles. The predicted octanol–water partition coefficient (Wildman–Crippen LogP) is 2.57. The Bertz CT molecular complexity index is 754. The van der Waals surface area contributed by atoms with Gasteiger partial charge in [-0.2, -0.15) is 15.8 Å². The highest BCUT2D eigenvalue weighted by atomic mass is 16.5. The number of hydrogen-bond donors (Lipinski definition) is 0. The van der Waals surface area contributed by atoms with Crippen molar-refractivity contribution in [2.75, 3.05) is 7.11 Å². The number of methoxy groups -OCH3 is 1. The molecule has 0 bridgehead atoms. The van der Waals surface area contributed by atoms with E-state index in [4.69, 9.17) is 24.9 Å². The molecule has 0 spiro atoms. The van der Waals surface area contributed by atoms with E-state index in [0.29, 0.717) is 11.3 Å². The number of para-hydroxylation sites is 1. The highest BCUT2D eigenvalue weighted by Crippen LogP contribution is 2.35. The van der Waals surface area contributed by atoms with E-state index in [1.165, 1.54) is 7.11 Å². The Morgan fingerprint density at radius 3 is 2.26 bits per heavy atom. The van der Waals surface area contributed by atoms with Crippen LogP contribution in [-0.4, -0.2) is 7.11 Å². The van der Waals surface area contributed by atoms with Gasteiger partial charge in [-0.15, -0.1) is 0 Å². The summed E-state index contributed by atoms with van der Waals surface area (Å²) < 4.78 is 10.5. The van der Waals surface area contributed by atoms with Gasteiger partial charge in [0.25, 0.3) is 0 Å². The van der Waals surface area contributed by atoms with Crippen molar-refractivity contribution >= 4 is 0 Å². The average Bonchev–Trinajstić information content (AvgIpc) is 2.84. The topological polar surface area (TPSA) is 93.7 Å². The number of benzene rings is 1. The Hall–Kier alpha value is -3.23. The Kier molecular flexibility index (Phi) is 3.19. The lowest BCUT2D eigenvalue weighted by atomic mass is 10.1. The van der Waals surface area contributed by atoms with Gasteiger partial charge in [0.05, 0.1) is 12.7 Å². The molecule has 0 radical (unpaired) electrons. The molecule has 5 heteroatoms. The summed E-state index contributed by atoms with van der Waals surface area (Å²) in [6.07, 6.45) is 0. The van der Waals surface area contributed by atoms with Gasteiger partial charge in [-0.1, -0.05) is 12.1 Å². The second-order valence-corrected chi connectivity index (χ2v) is 3.55. The smallest absolute Gasteiger partial charge is 0.223 e. The van der Waals surface area contributed by atoms with Crippen LogP contribution < -0.4 is 4.74 Å². The van der Waals surface area contributed by atoms with Gasteiger partial charge in [0.15, 0.2) is 5.76 Å². The van der Waals surface area contributed by atoms with E-state index in [0.717, 1.165) is 0 Å². The fourth-order valence-electron chi connectivity index (χ4n) is 1.75. The summed E-state index contributed by atoms with van der Waals surface area (Å²) in [7, 11) is 1.49. The normalized spacial score (nSPS) is 9.16. The van der Waals surface area contributed by atoms with Crippen LogP contribution in [0.15, 0.2) is 28.7 Å². The zero-order valence-electron chi connectivity index (χ0n) is 9.97. The molecule has 1 aromatic heterocycles. The lowest BCUT2D eigenvalue weighted by molar-refractivity contribution is 0.414. The first-order chi connectivity index (χ1) is 9.26. The third-order valence-corrected chi connectivity index (χ3v) is 2.59. The molecule has 5 nitrogen and oxygen atoms in total. The van der Waals surface area contributed by atoms with E-state index in [9.17, 15) is 0 Å². The van der Waals surface area contributed by atoms with Crippen molar-refractivity contribution in [1.82, 2.24) is 0 Å². The molecule has 0 saturated carbocycles. The van der Waals surface area contributed by atoms with Crippen molar-refractivity contribution in [3.05, 3.63) is 41.2 Å². The summed E-state index contributed by atoms with van der Waals surface area (Å²) in [5.41, 5.74) is 0.522. The SMILES string of the molecule is COc1ccccc1-c1oc(C#N)c(C#N)c1C#N. The van der Waals surface area contributed by atoms with Crippen LogP contribution in [0.1, 0.15) is 16.9 Å². The van der Waals surface area contributed by atoms with Crippen LogP contribution in [0.4, 0.5) is 0 Å². The highest BCUT2D eigenvalue weighted by molar-refractivity contribution is 5.75. The van der Waals surface area contributed by atoms with Gasteiger partial charge in [-0.25, -0.2) is 0 Å².